The molecule has 2 fully saturated rings. The zero-order valence-corrected chi connectivity index (χ0v) is 39.1. The Balaban J connectivity index is 0.00000700. The Morgan fingerprint density at radius 3 is 2.09 bits per heavy atom. The maximum absolute atomic E-state index is 14.5. The summed E-state index contributed by atoms with van der Waals surface area (Å²) in [5.41, 5.74) is 1.85. The van der Waals surface area contributed by atoms with E-state index in [0.29, 0.717) is 35.5 Å². The van der Waals surface area contributed by atoms with Gasteiger partial charge >= 0.3 is 18.2 Å². The van der Waals surface area contributed by atoms with Crippen LogP contribution in [0.25, 0.3) is 0 Å². The van der Waals surface area contributed by atoms with Gasteiger partial charge in [-0.3, -0.25) is 19.3 Å². The molecule has 17 heteroatoms. The first-order valence-corrected chi connectivity index (χ1v) is 21.8. The monoisotopic (exact) mass is 967 g/mol. The van der Waals surface area contributed by atoms with Gasteiger partial charge in [-0.2, -0.15) is 4.57 Å². The van der Waals surface area contributed by atoms with Crippen molar-refractivity contribution < 1.29 is 69.3 Å². The van der Waals surface area contributed by atoms with E-state index in [-0.39, 0.29) is 52.5 Å². The van der Waals surface area contributed by atoms with E-state index < -0.39 is 52.8 Å². The van der Waals surface area contributed by atoms with Gasteiger partial charge in [0.05, 0.1) is 0 Å². The quantitative estimate of drug-likeness (QED) is 0.0556. The van der Waals surface area contributed by atoms with E-state index in [9.17, 15) is 28.8 Å². The van der Waals surface area contributed by atoms with Crippen LogP contribution in [0.3, 0.4) is 0 Å². The number of alkyl carbamates (subject to hydrolysis) is 1. The van der Waals surface area contributed by atoms with Gasteiger partial charge in [-0.15, -0.1) is 11.8 Å². The highest BCUT2D eigenvalue weighted by molar-refractivity contribution is 8.00. The number of amides is 4. The predicted octanol–water partition coefficient (Wildman–Crippen LogP) is 3.99. The van der Waals surface area contributed by atoms with Crippen molar-refractivity contribution in [3.63, 3.8) is 0 Å². The number of allylic oxidation sites excluding steroid dienone is 1. The molecule has 0 saturated carbocycles. The van der Waals surface area contributed by atoms with E-state index >= 15 is 0 Å². The molecule has 2 atom stereocenters. The molecule has 15 nitrogen and oxygen atoms in total. The highest BCUT2D eigenvalue weighted by Crippen LogP contribution is 2.43. The largest absolute Gasteiger partial charge is 1.00 e. The summed E-state index contributed by atoms with van der Waals surface area (Å²) in [7, 11) is 0. The molecular weight excluding hydrogens is 919 g/mol. The minimum absolute atomic E-state index is 0. The van der Waals surface area contributed by atoms with Gasteiger partial charge in [0.1, 0.15) is 39.8 Å². The highest BCUT2D eigenvalue weighted by atomic mass is 79.9. The topological polar surface area (TPSA) is 174 Å². The molecule has 0 unspecified atom stereocenters. The highest BCUT2D eigenvalue weighted by Gasteiger charge is 2.55. The minimum Gasteiger partial charge on any atom is -1.00 e. The Kier molecular flexibility index (Phi) is 14.9. The lowest BCUT2D eigenvalue weighted by molar-refractivity contribution is -0.683. The van der Waals surface area contributed by atoms with Crippen LogP contribution in [0.4, 0.5) is 21.0 Å². The molecule has 3 aliphatic heterocycles. The fourth-order valence-corrected chi connectivity index (χ4v) is 8.54. The average Bonchev–Trinajstić information content (AvgIpc) is 3.60. The van der Waals surface area contributed by atoms with Crippen LogP contribution >= 0.6 is 11.8 Å². The van der Waals surface area contributed by atoms with Gasteiger partial charge in [0.25, 0.3) is 17.7 Å². The molecule has 0 spiro atoms. The summed E-state index contributed by atoms with van der Waals surface area (Å²) < 4.78 is 23.7. The molecule has 3 aliphatic rings. The van der Waals surface area contributed by atoms with Crippen LogP contribution in [0.2, 0.25) is 0 Å². The van der Waals surface area contributed by atoms with Crippen LogP contribution in [0.1, 0.15) is 65.2 Å². The number of rotatable bonds is 11. The van der Waals surface area contributed by atoms with Crippen LogP contribution < -0.4 is 41.8 Å². The number of anilines is 2. The van der Waals surface area contributed by atoms with E-state index in [4.69, 9.17) is 18.9 Å². The molecule has 1 aromatic heterocycles. The number of aromatic nitrogens is 1. The third-order valence-corrected chi connectivity index (χ3v) is 11.3. The number of esters is 1. The summed E-state index contributed by atoms with van der Waals surface area (Å²) in [5, 5.41) is 4.86. The summed E-state index contributed by atoms with van der Waals surface area (Å²) in [6.45, 7) is 10.6. The maximum atomic E-state index is 14.5. The van der Waals surface area contributed by atoms with Gasteiger partial charge in [-0.05, 0) is 101 Å². The lowest BCUT2D eigenvalue weighted by Gasteiger charge is -2.49. The van der Waals surface area contributed by atoms with Gasteiger partial charge < -0.3 is 51.5 Å². The zero-order chi connectivity index (χ0) is 45.8. The average molecular weight is 969 g/mol. The number of hydrogen-bond acceptors (Lipinski definition) is 11. The Morgan fingerprint density at radius 1 is 0.846 bits per heavy atom. The number of fused-ring (bicyclic) bond motifs is 1. The molecule has 2 N–H and O–H groups in total. The van der Waals surface area contributed by atoms with Crippen molar-refractivity contribution in [2.24, 2.45) is 0 Å². The Morgan fingerprint density at radius 2 is 1.48 bits per heavy atom. The smallest absolute Gasteiger partial charge is 0.514 e. The lowest BCUT2D eigenvalue weighted by Crippen LogP contribution is -3.00. The molecule has 2 saturated heterocycles. The van der Waals surface area contributed by atoms with Gasteiger partial charge in [-0.1, -0.05) is 60.7 Å². The Labute approximate surface area is 391 Å². The molecule has 4 aromatic rings. The van der Waals surface area contributed by atoms with Crippen molar-refractivity contribution in [3.05, 3.63) is 144 Å². The number of benzene rings is 3. The van der Waals surface area contributed by atoms with Crippen molar-refractivity contribution in [2.75, 3.05) is 22.5 Å². The van der Waals surface area contributed by atoms with E-state index in [1.165, 1.54) is 28.8 Å². The first-order chi connectivity index (χ1) is 30.4. The van der Waals surface area contributed by atoms with Crippen LogP contribution in [-0.4, -0.2) is 75.8 Å². The summed E-state index contributed by atoms with van der Waals surface area (Å²) in [5.74, 6) is -1.40. The number of nitrogens with one attached hydrogen (secondary N) is 2. The fourth-order valence-electron chi connectivity index (χ4n) is 7.24. The van der Waals surface area contributed by atoms with Gasteiger partial charge in [0, 0.05) is 29.6 Å². The van der Waals surface area contributed by atoms with Crippen molar-refractivity contribution >= 4 is 59.1 Å². The van der Waals surface area contributed by atoms with E-state index in [2.05, 4.69) is 10.6 Å². The molecule has 340 valence electrons. The molecule has 0 radical (unpaired) electrons. The van der Waals surface area contributed by atoms with Gasteiger partial charge in [0.15, 0.2) is 18.5 Å². The number of carbonyl (C=O) groups excluding carboxylic acids is 6. The number of thioether (sulfide) groups is 1. The van der Waals surface area contributed by atoms with Gasteiger partial charge in [0.2, 0.25) is 6.54 Å². The number of β-lactam (4-membered cyclic amide) rings is 1. The van der Waals surface area contributed by atoms with Crippen LogP contribution in [0.15, 0.2) is 132 Å². The molecule has 7 rings (SSSR count). The lowest BCUT2D eigenvalue weighted by atomic mass is 10.00. The molecule has 4 amide bonds. The minimum atomic E-state index is -0.947. The Hall–Kier alpha value is -6.46. The van der Waals surface area contributed by atoms with E-state index in [1.54, 1.807) is 93.7 Å². The molecular formula is C48H50BrN5O10S. The second-order valence-electron chi connectivity index (χ2n) is 17.3. The third kappa shape index (κ3) is 12.0. The summed E-state index contributed by atoms with van der Waals surface area (Å²) in [6.07, 6.45) is 3.02. The number of nitrogens with zero attached hydrogens (tertiary/aromatic N) is 3. The number of hydrogen-bond donors (Lipinski definition) is 2. The number of ether oxygens (including phenoxy) is 4. The molecule has 65 heavy (non-hydrogen) atoms. The van der Waals surface area contributed by atoms with Crippen LogP contribution in [0.5, 0.6) is 5.75 Å². The number of halogens is 1. The SMILES string of the molecule is CC(C)(C)OC(=O)N[C@@H]1C(=O)N2C(C(=O)OC(c3ccccc3)c3ccccc3)=C(C=C3CCN(c4ccc[n+](CC(=O)Nc5ccc(OC(=O)OC(C)(C)C)cc5)c4)C3=O)CS[C@H]12.[Br-]. The van der Waals surface area contributed by atoms with E-state index in [0.717, 1.165) is 11.1 Å². The number of pyridine rings is 1. The van der Waals surface area contributed by atoms with Crippen LogP contribution in [0, 0.1) is 0 Å². The van der Waals surface area contributed by atoms with Crippen molar-refractivity contribution in [2.45, 2.75) is 83.2 Å². The normalized spacial score (nSPS) is 17.7. The van der Waals surface area contributed by atoms with Crippen molar-refractivity contribution in [1.29, 1.82) is 0 Å². The second-order valence-corrected chi connectivity index (χ2v) is 18.4. The second kappa shape index (κ2) is 20.2. The Bertz CT molecular complexity index is 2470. The predicted molar refractivity (Wildman–Crippen MR) is 238 cm³/mol. The van der Waals surface area contributed by atoms with Gasteiger partial charge in [-0.25, -0.2) is 14.4 Å². The van der Waals surface area contributed by atoms with Crippen molar-refractivity contribution in [3.8, 4) is 5.75 Å². The molecule has 4 heterocycles. The van der Waals surface area contributed by atoms with E-state index in [1.807, 2.05) is 60.7 Å². The maximum Gasteiger partial charge on any atom is 0.514 e. The first kappa shape index (κ1) is 48.0. The van der Waals surface area contributed by atoms with Crippen molar-refractivity contribution in [1.82, 2.24) is 10.2 Å². The zero-order valence-electron chi connectivity index (χ0n) is 36.7. The number of carbonyl (C=O) groups is 6. The summed E-state index contributed by atoms with van der Waals surface area (Å²) >= 11 is 1.35. The molecule has 0 aliphatic carbocycles. The van der Waals surface area contributed by atoms with Crippen LogP contribution in [-0.2, 0) is 39.9 Å². The summed E-state index contributed by atoms with van der Waals surface area (Å²) in [6, 6.07) is 27.4. The standard InChI is InChI=1S/C48H49N5O10S.BrH/c1-47(2,3)62-45(58)50-38-42(56)53-39(44(57)61-40(30-14-9-7-10-15-30)31-16-11-8-12-17-31)33(29-64-43(38)53)26-32-23-25-52(41(32)55)35-18-13-24-51(27-35)28-37(54)49-34-19-21-36(22-20-34)60-46(59)63-48(4,5)6;/h7-22,24,26-27,38,40,43H,23,25,28-29H2,1-6H3,(H-,49,50,54,58);1H/t38-,43-;/m1./s1. The molecule has 3 aromatic carbocycles. The first-order valence-electron chi connectivity index (χ1n) is 20.7. The fraction of sp³-hybridized carbons (Fsp3) is 0.312. The molecule has 0 bridgehead atoms. The third-order valence-electron chi connectivity index (χ3n) is 9.98. The summed E-state index contributed by atoms with van der Waals surface area (Å²) in [4.78, 5) is 83.2.